The van der Waals surface area contributed by atoms with E-state index in [2.05, 4.69) is 15.6 Å². The molecule has 0 spiro atoms. The third kappa shape index (κ3) is 7.21. The van der Waals surface area contributed by atoms with Crippen molar-refractivity contribution in [2.75, 3.05) is 36.9 Å². The van der Waals surface area contributed by atoms with Crippen molar-refractivity contribution in [2.45, 2.75) is 36.8 Å². The van der Waals surface area contributed by atoms with Gasteiger partial charge in [-0.25, -0.2) is 13.4 Å². The van der Waals surface area contributed by atoms with E-state index in [4.69, 9.17) is 16.3 Å². The average molecular weight is 521 g/mol. The number of halogens is 4. The van der Waals surface area contributed by atoms with Crippen molar-refractivity contribution >= 4 is 38.9 Å². The standard InChI is InChI=1S/C21H24ClF3N4O4S/c22-20-16(6-5-9-26-20)28-19(30)13-27-17-12-15(7-8-18(17)33-14-21(23,24)25)34(31,32)29-10-3-1-2-4-11-29/h5-9,12,27H,1-4,10-11,13-14H2,(H,28,30). The van der Waals surface area contributed by atoms with Crippen LogP contribution in [0.25, 0.3) is 0 Å². The molecule has 0 bridgehead atoms. The molecule has 13 heteroatoms. The Balaban J connectivity index is 1.81. The lowest BCUT2D eigenvalue weighted by molar-refractivity contribution is -0.153. The number of nitrogens with zero attached hydrogens (tertiary/aromatic N) is 2. The molecule has 0 unspecified atom stereocenters. The molecule has 1 aliphatic rings. The summed E-state index contributed by atoms with van der Waals surface area (Å²) in [5.41, 5.74) is 0.189. The lowest BCUT2D eigenvalue weighted by Gasteiger charge is -2.21. The molecular formula is C21H24ClF3N4O4S. The molecule has 0 radical (unpaired) electrons. The van der Waals surface area contributed by atoms with Crippen LogP contribution in [0.5, 0.6) is 5.75 Å². The zero-order valence-corrected chi connectivity index (χ0v) is 19.6. The number of carbonyl (C=O) groups excluding carboxylic acids is 1. The second-order valence-electron chi connectivity index (χ2n) is 7.62. The number of ether oxygens (including phenoxy) is 1. The van der Waals surface area contributed by atoms with Gasteiger partial charge in [0.15, 0.2) is 11.8 Å². The van der Waals surface area contributed by atoms with Gasteiger partial charge in [-0.3, -0.25) is 4.79 Å². The highest BCUT2D eigenvalue weighted by Crippen LogP contribution is 2.31. The summed E-state index contributed by atoms with van der Waals surface area (Å²) < 4.78 is 70.5. The number of hydrogen-bond donors (Lipinski definition) is 2. The van der Waals surface area contributed by atoms with Gasteiger partial charge in [-0.1, -0.05) is 24.4 Å². The number of anilines is 2. The van der Waals surface area contributed by atoms with Crippen LogP contribution in [0.15, 0.2) is 41.4 Å². The minimum absolute atomic E-state index is 0.0624. The Labute approximate surface area is 200 Å². The second-order valence-corrected chi connectivity index (χ2v) is 9.92. The van der Waals surface area contributed by atoms with Gasteiger partial charge in [0.05, 0.1) is 22.8 Å². The average Bonchev–Trinajstić information content (AvgIpc) is 3.08. The quantitative estimate of drug-likeness (QED) is 0.504. The van der Waals surface area contributed by atoms with Crippen molar-refractivity contribution in [3.63, 3.8) is 0 Å². The van der Waals surface area contributed by atoms with Crippen LogP contribution in [0.1, 0.15) is 25.7 Å². The van der Waals surface area contributed by atoms with Crippen molar-refractivity contribution in [1.29, 1.82) is 0 Å². The molecule has 1 fully saturated rings. The fraction of sp³-hybridized carbons (Fsp3) is 0.429. The van der Waals surface area contributed by atoms with Crippen molar-refractivity contribution in [1.82, 2.24) is 9.29 Å². The molecule has 2 aromatic rings. The van der Waals surface area contributed by atoms with Crippen molar-refractivity contribution in [2.24, 2.45) is 0 Å². The topological polar surface area (TPSA) is 101 Å². The van der Waals surface area contributed by atoms with Crippen LogP contribution in [0, 0.1) is 0 Å². The summed E-state index contributed by atoms with van der Waals surface area (Å²) in [5, 5.41) is 5.25. The molecule has 1 aromatic carbocycles. The van der Waals surface area contributed by atoms with E-state index in [0.29, 0.717) is 13.1 Å². The van der Waals surface area contributed by atoms with E-state index >= 15 is 0 Å². The van der Waals surface area contributed by atoms with E-state index in [0.717, 1.165) is 31.7 Å². The number of alkyl halides is 3. The monoisotopic (exact) mass is 520 g/mol. The first-order chi connectivity index (χ1) is 16.1. The number of amides is 1. The van der Waals surface area contributed by atoms with Gasteiger partial charge in [-0.2, -0.15) is 17.5 Å². The molecule has 1 saturated heterocycles. The summed E-state index contributed by atoms with van der Waals surface area (Å²) in [6.45, 7) is -1.23. The fourth-order valence-corrected chi connectivity index (χ4v) is 5.08. The van der Waals surface area contributed by atoms with Crippen molar-refractivity contribution in [3.05, 3.63) is 41.7 Å². The van der Waals surface area contributed by atoms with Gasteiger partial charge in [-0.05, 0) is 43.2 Å². The third-order valence-corrected chi connectivity index (χ3v) is 7.21. The van der Waals surface area contributed by atoms with Gasteiger partial charge >= 0.3 is 6.18 Å². The normalized spacial score (nSPS) is 15.4. The number of pyridine rings is 1. The van der Waals surface area contributed by atoms with Crippen LogP contribution in [0.4, 0.5) is 24.5 Å². The number of aromatic nitrogens is 1. The smallest absolute Gasteiger partial charge is 0.422 e. The van der Waals surface area contributed by atoms with Gasteiger partial charge in [0, 0.05) is 19.3 Å². The first-order valence-electron chi connectivity index (χ1n) is 10.5. The lowest BCUT2D eigenvalue weighted by Crippen LogP contribution is -2.32. The maximum Gasteiger partial charge on any atom is 0.422 e. The van der Waals surface area contributed by atoms with E-state index in [1.165, 1.54) is 28.7 Å². The molecular weight excluding hydrogens is 497 g/mol. The predicted octanol–water partition coefficient (Wildman–Crippen LogP) is 4.29. The van der Waals surface area contributed by atoms with Gasteiger partial charge in [0.1, 0.15) is 5.75 Å². The predicted molar refractivity (Wildman–Crippen MR) is 122 cm³/mol. The maximum absolute atomic E-state index is 13.1. The van der Waals surface area contributed by atoms with E-state index in [1.54, 1.807) is 6.07 Å². The fourth-order valence-electron chi connectivity index (χ4n) is 3.37. The van der Waals surface area contributed by atoms with Gasteiger partial charge in [0.2, 0.25) is 15.9 Å². The maximum atomic E-state index is 13.1. The highest BCUT2D eigenvalue weighted by atomic mass is 35.5. The van der Waals surface area contributed by atoms with Crippen LogP contribution < -0.4 is 15.4 Å². The molecule has 3 rings (SSSR count). The Bertz CT molecular complexity index is 1110. The SMILES string of the molecule is O=C(CNc1cc(S(=O)(=O)N2CCCCCC2)ccc1OCC(F)(F)F)Nc1cccnc1Cl. The molecule has 2 heterocycles. The van der Waals surface area contributed by atoms with E-state index in [9.17, 15) is 26.4 Å². The summed E-state index contributed by atoms with van der Waals surface area (Å²) in [6, 6.07) is 6.62. The van der Waals surface area contributed by atoms with Gasteiger partial charge < -0.3 is 15.4 Å². The molecule has 186 valence electrons. The summed E-state index contributed by atoms with van der Waals surface area (Å²) in [5.74, 6) is -0.809. The molecule has 1 aliphatic heterocycles. The molecule has 2 N–H and O–H groups in total. The van der Waals surface area contributed by atoms with Crippen LogP contribution in [-0.2, 0) is 14.8 Å². The largest absolute Gasteiger partial charge is 0.482 e. The molecule has 0 aliphatic carbocycles. The number of nitrogens with one attached hydrogen (secondary N) is 2. The van der Waals surface area contributed by atoms with Crippen LogP contribution in [0.3, 0.4) is 0 Å². The number of benzene rings is 1. The first kappa shape index (κ1) is 26.0. The van der Waals surface area contributed by atoms with Crippen molar-refractivity contribution in [3.8, 4) is 5.75 Å². The van der Waals surface area contributed by atoms with Crippen LogP contribution in [-0.4, -0.2) is 56.0 Å². The highest BCUT2D eigenvalue weighted by Gasteiger charge is 2.30. The Kier molecular flexibility index (Phi) is 8.61. The Morgan fingerprint density at radius 3 is 2.47 bits per heavy atom. The minimum atomic E-state index is -4.59. The van der Waals surface area contributed by atoms with Gasteiger partial charge in [-0.15, -0.1) is 0 Å². The van der Waals surface area contributed by atoms with Crippen LogP contribution >= 0.6 is 11.6 Å². The summed E-state index contributed by atoms with van der Waals surface area (Å²) in [6.07, 6.45) is 0.167. The Morgan fingerprint density at radius 1 is 1.12 bits per heavy atom. The second kappa shape index (κ2) is 11.2. The molecule has 34 heavy (non-hydrogen) atoms. The zero-order valence-electron chi connectivity index (χ0n) is 18.1. The molecule has 1 aromatic heterocycles. The zero-order chi connectivity index (χ0) is 24.8. The number of sulfonamides is 1. The summed E-state index contributed by atoms with van der Waals surface area (Å²) in [7, 11) is -3.87. The van der Waals surface area contributed by atoms with Gasteiger partial charge in [0.25, 0.3) is 0 Å². The number of carbonyl (C=O) groups is 1. The Hall–Kier alpha value is -2.57. The summed E-state index contributed by atoms with van der Waals surface area (Å²) >= 11 is 5.91. The first-order valence-corrected chi connectivity index (χ1v) is 12.4. The molecule has 8 nitrogen and oxygen atoms in total. The molecule has 1 amide bonds. The number of hydrogen-bond acceptors (Lipinski definition) is 6. The lowest BCUT2D eigenvalue weighted by atomic mass is 10.2. The molecule has 0 atom stereocenters. The van der Waals surface area contributed by atoms with E-state index in [-0.39, 0.29) is 33.7 Å². The highest BCUT2D eigenvalue weighted by molar-refractivity contribution is 7.89. The third-order valence-electron chi connectivity index (χ3n) is 5.02. The molecule has 0 saturated carbocycles. The minimum Gasteiger partial charge on any atom is -0.482 e. The Morgan fingerprint density at radius 2 is 1.82 bits per heavy atom. The van der Waals surface area contributed by atoms with Crippen molar-refractivity contribution < 1.29 is 31.1 Å². The number of rotatable bonds is 8. The van der Waals surface area contributed by atoms with Crippen LogP contribution in [0.2, 0.25) is 5.15 Å². The van der Waals surface area contributed by atoms with E-state index in [1.807, 2.05) is 0 Å². The van der Waals surface area contributed by atoms with E-state index < -0.39 is 28.7 Å². The summed E-state index contributed by atoms with van der Waals surface area (Å²) in [4.78, 5) is 16.1.